The number of fused-ring (bicyclic) bond motifs is 1. The van der Waals surface area contributed by atoms with Crippen molar-refractivity contribution >= 4 is 11.8 Å². The van der Waals surface area contributed by atoms with Gasteiger partial charge in [-0.2, -0.15) is 0 Å². The van der Waals surface area contributed by atoms with Crippen LogP contribution in [0.15, 0.2) is 24.3 Å². The Morgan fingerprint density at radius 2 is 2.16 bits per heavy atom. The van der Waals surface area contributed by atoms with Gasteiger partial charge in [0.15, 0.2) is 12.4 Å². The maximum atomic E-state index is 12.3. The van der Waals surface area contributed by atoms with Crippen LogP contribution in [0.4, 0.5) is 0 Å². The molecule has 0 fully saturated rings. The normalized spacial score (nSPS) is 13.1. The molecule has 1 aromatic heterocycles. The largest absolute Gasteiger partial charge is 0.483 e. The van der Waals surface area contributed by atoms with Crippen LogP contribution in [0.1, 0.15) is 28.9 Å². The minimum absolute atomic E-state index is 0.0466. The number of nitrogens with one attached hydrogen (secondary N) is 1. The Bertz CT molecular complexity index is 786. The number of aryl methyl sites for hydroxylation is 1. The highest BCUT2D eigenvalue weighted by Gasteiger charge is 2.23. The molecular weight excluding hydrogens is 322 g/mol. The van der Waals surface area contributed by atoms with Gasteiger partial charge in [0.1, 0.15) is 5.75 Å². The fourth-order valence-corrected chi connectivity index (χ4v) is 2.70. The van der Waals surface area contributed by atoms with Crippen LogP contribution in [-0.2, 0) is 24.3 Å². The highest BCUT2D eigenvalue weighted by molar-refractivity contribution is 5.91. The number of nitrogens with zero attached hydrogens (tertiary/aromatic N) is 4. The molecule has 0 radical (unpaired) electrons. The zero-order chi connectivity index (χ0) is 17.8. The van der Waals surface area contributed by atoms with E-state index in [-0.39, 0.29) is 30.8 Å². The lowest BCUT2D eigenvalue weighted by atomic mass is 10.1. The second kappa shape index (κ2) is 7.33. The number of ether oxygens (including phenoxy) is 1. The molecule has 25 heavy (non-hydrogen) atoms. The van der Waals surface area contributed by atoms with Gasteiger partial charge in [0.05, 0.1) is 6.54 Å². The Morgan fingerprint density at radius 3 is 2.96 bits per heavy atom. The standard InChI is InChI=1S/C17H21N5O3/c1-3-12-6-4-5-7-13(12)25-11-15(23)21(2)10-14-19-20-16-17(24)18-8-9-22(14)16/h4-7H,3,8-11H2,1-2H3,(H,18,24). The first-order valence-corrected chi connectivity index (χ1v) is 8.25. The number of amides is 2. The Morgan fingerprint density at radius 1 is 1.36 bits per heavy atom. The summed E-state index contributed by atoms with van der Waals surface area (Å²) in [6, 6.07) is 7.68. The van der Waals surface area contributed by atoms with Crippen LogP contribution in [0.2, 0.25) is 0 Å². The van der Waals surface area contributed by atoms with Gasteiger partial charge in [0.25, 0.3) is 11.8 Å². The summed E-state index contributed by atoms with van der Waals surface area (Å²) in [4.78, 5) is 25.6. The first-order chi connectivity index (χ1) is 12.1. The van der Waals surface area contributed by atoms with Crippen LogP contribution in [0.25, 0.3) is 0 Å². The summed E-state index contributed by atoms with van der Waals surface area (Å²) < 4.78 is 7.41. The predicted octanol–water partition coefficient (Wildman–Crippen LogP) is 0.621. The molecule has 3 rings (SSSR count). The first-order valence-electron chi connectivity index (χ1n) is 8.25. The van der Waals surface area contributed by atoms with Crippen molar-refractivity contribution in [2.45, 2.75) is 26.4 Å². The Kier molecular flexibility index (Phi) is 4.97. The molecule has 0 saturated carbocycles. The van der Waals surface area contributed by atoms with Crippen molar-refractivity contribution in [3.05, 3.63) is 41.5 Å². The van der Waals surface area contributed by atoms with E-state index in [0.29, 0.717) is 18.9 Å². The maximum absolute atomic E-state index is 12.3. The van der Waals surface area contributed by atoms with Crippen LogP contribution >= 0.6 is 0 Å². The van der Waals surface area contributed by atoms with Crippen molar-refractivity contribution in [3.63, 3.8) is 0 Å². The van der Waals surface area contributed by atoms with Crippen LogP contribution in [-0.4, -0.2) is 51.7 Å². The van der Waals surface area contributed by atoms with Crippen molar-refractivity contribution in [3.8, 4) is 5.75 Å². The fraction of sp³-hybridized carbons (Fsp3) is 0.412. The van der Waals surface area contributed by atoms with Gasteiger partial charge < -0.3 is 19.5 Å². The molecule has 0 spiro atoms. The lowest BCUT2D eigenvalue weighted by Gasteiger charge is -2.20. The Labute approximate surface area is 145 Å². The minimum atomic E-state index is -0.238. The van der Waals surface area contributed by atoms with Gasteiger partial charge >= 0.3 is 0 Å². The van der Waals surface area contributed by atoms with E-state index in [4.69, 9.17) is 4.74 Å². The summed E-state index contributed by atoms with van der Waals surface area (Å²) in [7, 11) is 1.68. The molecule has 2 heterocycles. The third-order valence-corrected chi connectivity index (χ3v) is 4.16. The van der Waals surface area contributed by atoms with Gasteiger partial charge in [-0.3, -0.25) is 9.59 Å². The number of para-hydroxylation sites is 1. The van der Waals surface area contributed by atoms with Gasteiger partial charge in [-0.1, -0.05) is 25.1 Å². The highest BCUT2D eigenvalue weighted by Crippen LogP contribution is 2.18. The fourth-order valence-electron chi connectivity index (χ4n) is 2.70. The quantitative estimate of drug-likeness (QED) is 0.831. The first kappa shape index (κ1) is 16.9. The highest BCUT2D eigenvalue weighted by atomic mass is 16.5. The summed E-state index contributed by atoms with van der Waals surface area (Å²) in [6.07, 6.45) is 0.841. The molecule has 2 aromatic rings. The Balaban J connectivity index is 1.61. The lowest BCUT2D eigenvalue weighted by Crippen LogP contribution is -2.37. The second-order valence-corrected chi connectivity index (χ2v) is 5.85. The number of aromatic nitrogens is 3. The third-order valence-electron chi connectivity index (χ3n) is 4.16. The molecular formula is C17H21N5O3. The smallest absolute Gasteiger partial charge is 0.289 e. The topological polar surface area (TPSA) is 89.3 Å². The summed E-state index contributed by atoms with van der Waals surface area (Å²) in [5.41, 5.74) is 1.07. The van der Waals surface area contributed by atoms with Crippen molar-refractivity contribution < 1.29 is 14.3 Å². The molecule has 0 bridgehead atoms. The van der Waals surface area contributed by atoms with E-state index < -0.39 is 0 Å². The zero-order valence-electron chi connectivity index (χ0n) is 14.4. The molecule has 2 amide bonds. The number of hydrogen-bond acceptors (Lipinski definition) is 5. The van der Waals surface area contributed by atoms with E-state index in [1.807, 2.05) is 31.2 Å². The van der Waals surface area contributed by atoms with Crippen molar-refractivity contribution in [2.75, 3.05) is 20.2 Å². The molecule has 1 aliphatic heterocycles. The molecule has 1 N–H and O–H groups in total. The second-order valence-electron chi connectivity index (χ2n) is 5.85. The molecule has 132 valence electrons. The average Bonchev–Trinajstić information content (AvgIpc) is 3.04. The Hall–Kier alpha value is -2.90. The summed E-state index contributed by atoms with van der Waals surface area (Å²) in [6.45, 7) is 3.41. The van der Waals surface area contributed by atoms with Crippen LogP contribution in [0.3, 0.4) is 0 Å². The van der Waals surface area contributed by atoms with Gasteiger partial charge in [0.2, 0.25) is 5.82 Å². The number of likely N-dealkylation sites (N-methyl/N-ethyl adjacent to an activating group) is 1. The monoisotopic (exact) mass is 343 g/mol. The molecule has 0 saturated heterocycles. The van der Waals surface area contributed by atoms with Crippen molar-refractivity contribution in [1.82, 2.24) is 25.0 Å². The zero-order valence-corrected chi connectivity index (χ0v) is 14.4. The van der Waals surface area contributed by atoms with Crippen LogP contribution in [0, 0.1) is 0 Å². The number of hydrogen-bond donors (Lipinski definition) is 1. The lowest BCUT2D eigenvalue weighted by molar-refractivity contribution is -0.132. The molecule has 0 aliphatic carbocycles. The van der Waals surface area contributed by atoms with E-state index in [1.165, 1.54) is 4.90 Å². The summed E-state index contributed by atoms with van der Waals surface area (Å²) in [5.74, 6) is 1.20. The number of carbonyl (C=O) groups excluding carboxylic acids is 2. The van der Waals surface area contributed by atoms with Crippen molar-refractivity contribution in [1.29, 1.82) is 0 Å². The average molecular weight is 343 g/mol. The van der Waals surface area contributed by atoms with Gasteiger partial charge in [-0.15, -0.1) is 10.2 Å². The summed E-state index contributed by atoms with van der Waals surface area (Å²) >= 11 is 0. The number of rotatable bonds is 6. The third kappa shape index (κ3) is 3.62. The number of benzene rings is 1. The van der Waals surface area contributed by atoms with Gasteiger partial charge in [-0.05, 0) is 18.1 Å². The minimum Gasteiger partial charge on any atom is -0.483 e. The predicted molar refractivity (Wildman–Crippen MR) is 90.1 cm³/mol. The molecule has 0 unspecified atom stereocenters. The molecule has 0 atom stereocenters. The van der Waals surface area contributed by atoms with Crippen LogP contribution in [0.5, 0.6) is 5.75 Å². The van der Waals surface area contributed by atoms with Gasteiger partial charge in [0, 0.05) is 20.1 Å². The van der Waals surface area contributed by atoms with E-state index >= 15 is 0 Å². The molecule has 1 aromatic carbocycles. The molecule has 8 nitrogen and oxygen atoms in total. The van der Waals surface area contributed by atoms with E-state index in [0.717, 1.165) is 17.7 Å². The van der Waals surface area contributed by atoms with Gasteiger partial charge in [-0.25, -0.2) is 0 Å². The van der Waals surface area contributed by atoms with Crippen molar-refractivity contribution in [2.24, 2.45) is 0 Å². The molecule has 1 aliphatic rings. The number of carbonyl (C=O) groups is 2. The summed E-state index contributed by atoms with van der Waals surface area (Å²) in [5, 5.41) is 10.6. The SMILES string of the molecule is CCc1ccccc1OCC(=O)N(C)Cc1nnc2n1CCNC2=O. The van der Waals surface area contributed by atoms with E-state index in [2.05, 4.69) is 15.5 Å². The van der Waals surface area contributed by atoms with E-state index in [1.54, 1.807) is 11.6 Å². The van der Waals surface area contributed by atoms with Crippen LogP contribution < -0.4 is 10.1 Å². The molecule has 8 heteroatoms. The maximum Gasteiger partial charge on any atom is 0.289 e. The van der Waals surface area contributed by atoms with E-state index in [9.17, 15) is 9.59 Å².